The van der Waals surface area contributed by atoms with Gasteiger partial charge >= 0.3 is 0 Å². The summed E-state index contributed by atoms with van der Waals surface area (Å²) in [4.78, 5) is 0.513. The minimum absolute atomic E-state index is 0.513. The van der Waals surface area contributed by atoms with Gasteiger partial charge in [0.15, 0.2) is 0 Å². The van der Waals surface area contributed by atoms with E-state index in [1.165, 1.54) is 0 Å². The molecule has 2 heterocycles. The molecule has 0 radical (unpaired) electrons. The molecule has 5 heteroatoms. The maximum atomic E-state index is 12.9. The molecule has 1 aromatic carbocycles. The van der Waals surface area contributed by atoms with Crippen LogP contribution in [0.25, 0.3) is 0 Å². The summed E-state index contributed by atoms with van der Waals surface area (Å²) in [7, 11) is -3.33. The van der Waals surface area contributed by atoms with E-state index in [4.69, 9.17) is 0 Å². The topological polar surface area (TPSA) is 49.4 Å². The Hall–Kier alpha value is -1.07. The first-order valence-electron chi connectivity index (χ1n) is 7.49. The SMILES string of the molecule is CCC1CCN(S(=O)(=O)c2cccc3c2CCCN3)C1. The second-order valence-electron chi connectivity index (χ2n) is 5.74. The number of sulfonamides is 1. The van der Waals surface area contributed by atoms with Crippen LogP contribution in [0.3, 0.4) is 0 Å². The van der Waals surface area contributed by atoms with Crippen molar-refractivity contribution in [1.82, 2.24) is 4.31 Å². The Morgan fingerprint density at radius 2 is 2.25 bits per heavy atom. The van der Waals surface area contributed by atoms with Gasteiger partial charge < -0.3 is 5.32 Å². The van der Waals surface area contributed by atoms with Crippen LogP contribution in [-0.4, -0.2) is 32.4 Å². The van der Waals surface area contributed by atoms with Crippen LogP contribution in [0.2, 0.25) is 0 Å². The van der Waals surface area contributed by atoms with Crippen LogP contribution in [0.1, 0.15) is 31.7 Å². The number of nitrogens with zero attached hydrogens (tertiary/aromatic N) is 1. The fourth-order valence-corrected chi connectivity index (χ4v) is 5.01. The molecule has 0 saturated carbocycles. The van der Waals surface area contributed by atoms with Gasteiger partial charge in [-0.1, -0.05) is 19.4 Å². The number of nitrogens with one attached hydrogen (secondary N) is 1. The van der Waals surface area contributed by atoms with Crippen LogP contribution in [0.4, 0.5) is 5.69 Å². The molecule has 1 N–H and O–H groups in total. The molecule has 3 rings (SSSR count). The molecule has 20 heavy (non-hydrogen) atoms. The maximum absolute atomic E-state index is 12.9. The number of hydrogen-bond donors (Lipinski definition) is 1. The van der Waals surface area contributed by atoms with Gasteiger partial charge in [-0.15, -0.1) is 0 Å². The van der Waals surface area contributed by atoms with E-state index in [9.17, 15) is 8.42 Å². The summed E-state index contributed by atoms with van der Waals surface area (Å²) in [5, 5.41) is 3.30. The predicted molar refractivity (Wildman–Crippen MR) is 80.4 cm³/mol. The Kier molecular flexibility index (Phi) is 3.73. The van der Waals surface area contributed by atoms with Crippen molar-refractivity contribution in [1.29, 1.82) is 0 Å². The van der Waals surface area contributed by atoms with Crippen LogP contribution < -0.4 is 5.32 Å². The van der Waals surface area contributed by atoms with Crippen LogP contribution >= 0.6 is 0 Å². The van der Waals surface area contributed by atoms with Crippen LogP contribution in [-0.2, 0) is 16.4 Å². The minimum Gasteiger partial charge on any atom is -0.385 e. The zero-order valence-electron chi connectivity index (χ0n) is 11.9. The van der Waals surface area contributed by atoms with Crippen molar-refractivity contribution in [2.75, 3.05) is 25.0 Å². The lowest BCUT2D eigenvalue weighted by Crippen LogP contribution is -2.30. The highest BCUT2D eigenvalue weighted by molar-refractivity contribution is 7.89. The fourth-order valence-electron chi connectivity index (χ4n) is 3.21. The van der Waals surface area contributed by atoms with Crippen molar-refractivity contribution < 1.29 is 8.42 Å². The molecule has 0 aromatic heterocycles. The molecule has 0 bridgehead atoms. The van der Waals surface area contributed by atoms with Crippen LogP contribution in [0.15, 0.2) is 23.1 Å². The van der Waals surface area contributed by atoms with E-state index >= 15 is 0 Å². The summed E-state index contributed by atoms with van der Waals surface area (Å²) < 4.78 is 27.4. The number of fused-ring (bicyclic) bond motifs is 1. The average molecular weight is 294 g/mol. The second kappa shape index (κ2) is 5.37. The molecule has 1 saturated heterocycles. The predicted octanol–water partition coefficient (Wildman–Crippen LogP) is 2.47. The molecule has 0 aliphatic carbocycles. The first-order chi connectivity index (χ1) is 9.63. The molecule has 2 aliphatic heterocycles. The third-order valence-electron chi connectivity index (χ3n) is 4.50. The van der Waals surface area contributed by atoms with E-state index in [1.54, 1.807) is 10.4 Å². The molecule has 110 valence electrons. The zero-order valence-corrected chi connectivity index (χ0v) is 12.7. The third-order valence-corrected chi connectivity index (χ3v) is 6.45. The van der Waals surface area contributed by atoms with E-state index in [2.05, 4.69) is 12.2 Å². The van der Waals surface area contributed by atoms with E-state index in [0.717, 1.165) is 43.5 Å². The van der Waals surface area contributed by atoms with Crippen molar-refractivity contribution in [3.8, 4) is 0 Å². The monoisotopic (exact) mass is 294 g/mol. The van der Waals surface area contributed by atoms with Gasteiger partial charge in [0.05, 0.1) is 4.90 Å². The summed E-state index contributed by atoms with van der Waals surface area (Å²) in [6.45, 7) is 4.40. The lowest BCUT2D eigenvalue weighted by Gasteiger charge is -2.23. The van der Waals surface area contributed by atoms with E-state index < -0.39 is 10.0 Å². The van der Waals surface area contributed by atoms with Gasteiger partial charge in [0.25, 0.3) is 0 Å². The molecule has 0 spiro atoms. The Bertz CT molecular complexity index is 598. The molecular formula is C15H22N2O2S. The van der Waals surface area contributed by atoms with Gasteiger partial charge in [0.2, 0.25) is 10.0 Å². The van der Waals surface area contributed by atoms with Gasteiger partial charge in [-0.2, -0.15) is 4.31 Å². The Labute approximate surface area is 121 Å². The van der Waals surface area contributed by atoms with Crippen molar-refractivity contribution in [3.05, 3.63) is 23.8 Å². The highest BCUT2D eigenvalue weighted by Crippen LogP contribution is 2.32. The van der Waals surface area contributed by atoms with Gasteiger partial charge in [0.1, 0.15) is 0 Å². The smallest absolute Gasteiger partial charge is 0.243 e. The van der Waals surface area contributed by atoms with E-state index in [-0.39, 0.29) is 0 Å². The molecular weight excluding hydrogens is 272 g/mol. The maximum Gasteiger partial charge on any atom is 0.243 e. The Balaban J connectivity index is 1.96. The molecule has 4 nitrogen and oxygen atoms in total. The minimum atomic E-state index is -3.33. The van der Waals surface area contributed by atoms with Crippen molar-refractivity contribution >= 4 is 15.7 Å². The number of benzene rings is 1. The summed E-state index contributed by atoms with van der Waals surface area (Å²) in [6.07, 6.45) is 3.89. The average Bonchev–Trinajstić information content (AvgIpc) is 2.96. The highest BCUT2D eigenvalue weighted by Gasteiger charge is 2.33. The lowest BCUT2D eigenvalue weighted by atomic mass is 10.0. The summed E-state index contributed by atoms with van der Waals surface area (Å²) >= 11 is 0. The largest absolute Gasteiger partial charge is 0.385 e. The summed E-state index contributed by atoms with van der Waals surface area (Å²) in [6, 6.07) is 5.59. The molecule has 1 aromatic rings. The number of rotatable bonds is 3. The summed E-state index contributed by atoms with van der Waals surface area (Å²) in [5.41, 5.74) is 1.96. The summed E-state index contributed by atoms with van der Waals surface area (Å²) in [5.74, 6) is 0.516. The van der Waals surface area contributed by atoms with Crippen LogP contribution in [0, 0.1) is 5.92 Å². The van der Waals surface area contributed by atoms with Crippen LogP contribution in [0.5, 0.6) is 0 Å². The lowest BCUT2D eigenvalue weighted by molar-refractivity contribution is 0.452. The highest BCUT2D eigenvalue weighted by atomic mass is 32.2. The molecule has 1 atom stereocenters. The molecule has 1 unspecified atom stereocenters. The Morgan fingerprint density at radius 1 is 1.40 bits per heavy atom. The molecule has 1 fully saturated rings. The quantitative estimate of drug-likeness (QED) is 0.931. The number of anilines is 1. The van der Waals surface area contributed by atoms with Crippen molar-refractivity contribution in [2.24, 2.45) is 5.92 Å². The third kappa shape index (κ3) is 2.33. The van der Waals surface area contributed by atoms with Gasteiger partial charge in [-0.3, -0.25) is 0 Å². The standard InChI is InChI=1S/C15H22N2O2S/c1-2-12-8-10-17(11-12)20(18,19)15-7-3-6-14-13(15)5-4-9-16-14/h3,6-7,12,16H,2,4-5,8-11H2,1H3. The van der Waals surface area contributed by atoms with Gasteiger partial charge in [0, 0.05) is 25.3 Å². The molecule has 0 amide bonds. The first-order valence-corrected chi connectivity index (χ1v) is 8.93. The Morgan fingerprint density at radius 3 is 3.00 bits per heavy atom. The van der Waals surface area contributed by atoms with E-state index in [0.29, 0.717) is 23.9 Å². The molecule has 2 aliphatic rings. The normalized spacial score (nSPS) is 23.4. The first kappa shape index (κ1) is 13.9. The van der Waals surface area contributed by atoms with Crippen molar-refractivity contribution in [2.45, 2.75) is 37.5 Å². The van der Waals surface area contributed by atoms with Crippen molar-refractivity contribution in [3.63, 3.8) is 0 Å². The van der Waals surface area contributed by atoms with E-state index in [1.807, 2.05) is 12.1 Å². The zero-order chi connectivity index (χ0) is 14.2. The van der Waals surface area contributed by atoms with Gasteiger partial charge in [-0.05, 0) is 42.9 Å². The van der Waals surface area contributed by atoms with Gasteiger partial charge in [-0.25, -0.2) is 8.42 Å². The fraction of sp³-hybridized carbons (Fsp3) is 0.600. The second-order valence-corrected chi connectivity index (χ2v) is 7.64. The number of hydrogen-bond acceptors (Lipinski definition) is 3.